The number of aromatic amines is 1. The number of nitrogens with zero attached hydrogens (tertiary/aromatic N) is 2. The molecular formula is C23H34N4O5S. The molecule has 0 spiro atoms. The molecule has 0 saturated heterocycles. The second-order valence-electron chi connectivity index (χ2n) is 8.13. The molecule has 10 heteroatoms. The zero-order valence-corrected chi connectivity index (χ0v) is 20.4. The van der Waals surface area contributed by atoms with Gasteiger partial charge in [0, 0.05) is 19.5 Å². The molecule has 0 atom stereocenters. The summed E-state index contributed by atoms with van der Waals surface area (Å²) >= 11 is 0. The zero-order chi connectivity index (χ0) is 24.6. The zero-order valence-electron chi connectivity index (χ0n) is 19.6. The van der Waals surface area contributed by atoms with Crippen molar-refractivity contribution in [3.05, 3.63) is 50.7 Å². The lowest BCUT2D eigenvalue weighted by Gasteiger charge is -2.24. The number of anilines is 2. The first-order chi connectivity index (χ1) is 15.6. The Kier molecular flexibility index (Phi) is 9.45. The van der Waals surface area contributed by atoms with Crippen molar-refractivity contribution in [2.24, 2.45) is 0 Å². The molecule has 0 saturated carbocycles. The number of aryl methyl sites for hydroxylation is 1. The summed E-state index contributed by atoms with van der Waals surface area (Å²) in [6, 6.07) is 6.43. The molecule has 33 heavy (non-hydrogen) atoms. The first kappa shape index (κ1) is 26.4. The third kappa shape index (κ3) is 6.80. The normalized spacial score (nSPS) is 11.5. The molecule has 0 fully saturated rings. The van der Waals surface area contributed by atoms with Crippen molar-refractivity contribution < 1.29 is 13.2 Å². The quantitative estimate of drug-likeness (QED) is 0.450. The van der Waals surface area contributed by atoms with Gasteiger partial charge in [-0.3, -0.25) is 19.1 Å². The maximum atomic E-state index is 13.2. The first-order valence-electron chi connectivity index (χ1n) is 11.3. The highest BCUT2D eigenvalue weighted by atomic mass is 32.2. The Morgan fingerprint density at radius 3 is 2.30 bits per heavy atom. The van der Waals surface area contributed by atoms with Crippen molar-refractivity contribution in [2.75, 3.05) is 22.9 Å². The number of H-pyrrole nitrogens is 1. The molecule has 0 radical (unpaired) electrons. The van der Waals surface area contributed by atoms with E-state index in [0.717, 1.165) is 24.8 Å². The molecule has 0 unspecified atom stereocenters. The number of nitrogens with two attached hydrogens (primary N) is 1. The average molecular weight is 479 g/mol. The van der Waals surface area contributed by atoms with E-state index in [1.165, 1.54) is 21.6 Å². The van der Waals surface area contributed by atoms with Crippen molar-refractivity contribution >= 4 is 27.2 Å². The molecular weight excluding hydrogens is 444 g/mol. The summed E-state index contributed by atoms with van der Waals surface area (Å²) in [5.41, 5.74) is 5.64. The van der Waals surface area contributed by atoms with Crippen molar-refractivity contribution in [3.8, 4) is 0 Å². The highest BCUT2D eigenvalue weighted by Crippen LogP contribution is 2.20. The number of nitrogen functional groups attached to an aromatic ring is 1. The van der Waals surface area contributed by atoms with Crippen LogP contribution < -0.4 is 21.9 Å². The van der Waals surface area contributed by atoms with Crippen LogP contribution in [0.3, 0.4) is 0 Å². The number of unbranched alkanes of at least 4 members (excludes halogenated alkanes) is 3. The summed E-state index contributed by atoms with van der Waals surface area (Å²) in [5, 5.41) is 0. The number of carbonyl (C=O) groups is 1. The molecule has 0 aliphatic carbocycles. The van der Waals surface area contributed by atoms with Gasteiger partial charge in [0.1, 0.15) is 5.82 Å². The highest BCUT2D eigenvalue weighted by molar-refractivity contribution is 7.91. The Morgan fingerprint density at radius 2 is 1.70 bits per heavy atom. The van der Waals surface area contributed by atoms with Crippen LogP contribution in [0.1, 0.15) is 57.9 Å². The van der Waals surface area contributed by atoms with Crippen LogP contribution in [0.4, 0.5) is 11.5 Å². The van der Waals surface area contributed by atoms with Crippen LogP contribution in [0.5, 0.6) is 0 Å². The molecule has 2 aromatic rings. The summed E-state index contributed by atoms with van der Waals surface area (Å²) in [4.78, 5) is 41.7. The van der Waals surface area contributed by atoms with Gasteiger partial charge in [-0.25, -0.2) is 13.2 Å². The maximum absolute atomic E-state index is 13.2. The Bertz CT molecular complexity index is 1170. The van der Waals surface area contributed by atoms with E-state index in [-0.39, 0.29) is 29.4 Å². The molecule has 1 aromatic heterocycles. The summed E-state index contributed by atoms with van der Waals surface area (Å²) in [5.74, 6) is -1.00. The van der Waals surface area contributed by atoms with E-state index in [1.807, 2.05) is 20.8 Å². The molecule has 182 valence electrons. The van der Waals surface area contributed by atoms with E-state index in [4.69, 9.17) is 5.73 Å². The summed E-state index contributed by atoms with van der Waals surface area (Å²) in [6.45, 7) is 6.34. The number of hydrogen-bond donors (Lipinski definition) is 2. The molecule has 1 aromatic carbocycles. The second-order valence-corrected chi connectivity index (χ2v) is 10.2. The maximum Gasteiger partial charge on any atom is 0.330 e. The number of amides is 1. The number of sulfone groups is 1. The molecule has 0 aliphatic heterocycles. The number of rotatable bonds is 12. The SMILES string of the molecule is CCCCCN(C(=O)CCS(=O)(=O)c1ccc(C)cc1)c1c(N)n(CCCC)c(=O)[nH]c1=O. The van der Waals surface area contributed by atoms with Crippen LogP contribution in [0.15, 0.2) is 38.8 Å². The van der Waals surface area contributed by atoms with Crippen LogP contribution in [-0.2, 0) is 21.2 Å². The van der Waals surface area contributed by atoms with Gasteiger partial charge in [-0.05, 0) is 31.9 Å². The fraction of sp³-hybridized carbons (Fsp3) is 0.522. The molecule has 0 bridgehead atoms. The largest absolute Gasteiger partial charge is 0.383 e. The van der Waals surface area contributed by atoms with Crippen molar-refractivity contribution in [1.29, 1.82) is 0 Å². The van der Waals surface area contributed by atoms with E-state index in [9.17, 15) is 22.8 Å². The lowest BCUT2D eigenvalue weighted by molar-refractivity contribution is -0.118. The van der Waals surface area contributed by atoms with Gasteiger partial charge >= 0.3 is 5.69 Å². The number of hydrogen-bond acceptors (Lipinski definition) is 6. The van der Waals surface area contributed by atoms with Gasteiger partial charge in [0.25, 0.3) is 5.56 Å². The average Bonchev–Trinajstić information content (AvgIpc) is 2.76. The Hall–Kier alpha value is -2.88. The van der Waals surface area contributed by atoms with Crippen molar-refractivity contribution in [3.63, 3.8) is 0 Å². The number of carbonyl (C=O) groups excluding carboxylic acids is 1. The third-order valence-electron chi connectivity index (χ3n) is 5.47. The predicted octanol–water partition coefficient (Wildman–Crippen LogP) is 2.61. The molecule has 3 N–H and O–H groups in total. The molecule has 0 aliphatic rings. The third-order valence-corrected chi connectivity index (χ3v) is 7.20. The molecule has 1 amide bonds. The van der Waals surface area contributed by atoms with Gasteiger partial charge in [0.05, 0.1) is 10.6 Å². The van der Waals surface area contributed by atoms with E-state index in [2.05, 4.69) is 4.98 Å². The molecule has 2 rings (SSSR count). The summed E-state index contributed by atoms with van der Waals surface area (Å²) in [7, 11) is -3.68. The van der Waals surface area contributed by atoms with Crippen molar-refractivity contribution in [1.82, 2.24) is 9.55 Å². The molecule has 9 nitrogen and oxygen atoms in total. The van der Waals surface area contributed by atoms with E-state index >= 15 is 0 Å². The predicted molar refractivity (Wildman–Crippen MR) is 130 cm³/mol. The summed E-state index contributed by atoms with van der Waals surface area (Å²) < 4.78 is 26.7. The van der Waals surface area contributed by atoms with Gasteiger partial charge in [-0.1, -0.05) is 50.8 Å². The topological polar surface area (TPSA) is 135 Å². The van der Waals surface area contributed by atoms with Crippen LogP contribution >= 0.6 is 0 Å². The number of aromatic nitrogens is 2. The van der Waals surface area contributed by atoms with Gasteiger partial charge < -0.3 is 10.6 Å². The lowest BCUT2D eigenvalue weighted by Crippen LogP contribution is -2.42. The Balaban J connectivity index is 2.36. The van der Waals surface area contributed by atoms with Crippen LogP contribution in [0.2, 0.25) is 0 Å². The van der Waals surface area contributed by atoms with Crippen LogP contribution in [0.25, 0.3) is 0 Å². The minimum Gasteiger partial charge on any atom is -0.383 e. The number of benzene rings is 1. The first-order valence-corrected chi connectivity index (χ1v) is 13.0. The minimum atomic E-state index is -3.68. The van der Waals surface area contributed by atoms with E-state index in [1.54, 1.807) is 12.1 Å². The van der Waals surface area contributed by atoms with E-state index < -0.39 is 32.7 Å². The van der Waals surface area contributed by atoms with Gasteiger partial charge in [-0.15, -0.1) is 0 Å². The fourth-order valence-electron chi connectivity index (χ4n) is 3.48. The number of nitrogens with one attached hydrogen (secondary N) is 1. The monoisotopic (exact) mass is 478 g/mol. The lowest BCUT2D eigenvalue weighted by atomic mass is 10.2. The molecule has 1 heterocycles. The van der Waals surface area contributed by atoms with Crippen molar-refractivity contribution in [2.45, 2.75) is 70.7 Å². The smallest absolute Gasteiger partial charge is 0.330 e. The Morgan fingerprint density at radius 1 is 1.06 bits per heavy atom. The van der Waals surface area contributed by atoms with Gasteiger partial charge in [-0.2, -0.15) is 0 Å². The van der Waals surface area contributed by atoms with Crippen LogP contribution in [-0.4, -0.2) is 36.2 Å². The van der Waals surface area contributed by atoms with E-state index in [0.29, 0.717) is 19.4 Å². The second kappa shape index (κ2) is 11.8. The van der Waals surface area contributed by atoms with Gasteiger partial charge in [0.15, 0.2) is 15.5 Å². The minimum absolute atomic E-state index is 0.0801. The van der Waals surface area contributed by atoms with Gasteiger partial charge in [0.2, 0.25) is 5.91 Å². The van der Waals surface area contributed by atoms with Crippen LogP contribution in [0, 0.1) is 6.92 Å². The standard InChI is InChI=1S/C23H34N4O5S/c1-4-6-8-15-26(20-21(24)27(14-7-5-2)23(30)25-22(20)29)19(28)13-16-33(31,32)18-11-9-17(3)10-12-18/h9-12H,4-8,13-16,24H2,1-3H3,(H,25,29,30). The highest BCUT2D eigenvalue weighted by Gasteiger charge is 2.26. The fourth-order valence-corrected chi connectivity index (χ4v) is 4.71. The Labute approximate surface area is 194 Å². The summed E-state index contributed by atoms with van der Waals surface area (Å²) in [6.07, 6.45) is 3.50.